The average Bonchev–Trinajstić information content (AvgIpc) is 2.77. The molecule has 0 spiro atoms. The second-order valence-corrected chi connectivity index (χ2v) is 8.46. The second-order valence-electron chi connectivity index (χ2n) is 8.46. The van der Waals surface area contributed by atoms with Crippen LogP contribution in [0.3, 0.4) is 0 Å². The molecule has 1 aliphatic heterocycles. The Hall–Kier alpha value is -2.38. The normalized spacial score (nSPS) is 16.3. The van der Waals surface area contributed by atoms with Gasteiger partial charge in [0, 0.05) is 25.7 Å². The van der Waals surface area contributed by atoms with E-state index in [0.29, 0.717) is 6.04 Å². The fourth-order valence-corrected chi connectivity index (χ4v) is 3.95. The van der Waals surface area contributed by atoms with Crippen LogP contribution in [0.5, 0.6) is 0 Å². The minimum atomic E-state index is -4.32. The highest BCUT2D eigenvalue weighted by Crippen LogP contribution is 2.31. The standard InChI is InChI=1S/C24H29F3N2O2/c1-23(2,22(30)31-3)29-14-12-21(13-15-29)28-16-17-4-6-18(7-5-17)19-8-10-20(11-9-19)24(25,26)27/h4-11,21,28H,12-16H2,1-3H3. The van der Waals surface area contributed by atoms with Gasteiger partial charge in [0.05, 0.1) is 12.7 Å². The third-order valence-electron chi connectivity index (χ3n) is 6.06. The van der Waals surface area contributed by atoms with E-state index in [-0.39, 0.29) is 5.97 Å². The zero-order valence-electron chi connectivity index (χ0n) is 18.1. The molecule has 0 aromatic heterocycles. The molecule has 2 aromatic carbocycles. The van der Waals surface area contributed by atoms with Crippen LogP contribution in [0, 0.1) is 0 Å². The lowest BCUT2D eigenvalue weighted by Crippen LogP contribution is -2.55. The van der Waals surface area contributed by atoms with Crippen molar-refractivity contribution in [1.29, 1.82) is 0 Å². The SMILES string of the molecule is COC(=O)C(C)(C)N1CCC(NCc2ccc(-c3ccc(C(F)(F)F)cc3)cc2)CC1. The van der Waals surface area contributed by atoms with E-state index >= 15 is 0 Å². The number of carbonyl (C=O) groups is 1. The molecule has 0 unspecified atom stereocenters. The van der Waals surface area contributed by atoms with Crippen molar-refractivity contribution in [2.75, 3.05) is 20.2 Å². The molecule has 0 aliphatic carbocycles. The third kappa shape index (κ3) is 5.66. The maximum atomic E-state index is 12.7. The topological polar surface area (TPSA) is 41.6 Å². The van der Waals surface area contributed by atoms with Gasteiger partial charge in [0.1, 0.15) is 5.54 Å². The highest BCUT2D eigenvalue weighted by molar-refractivity contribution is 5.79. The molecule has 1 saturated heterocycles. The van der Waals surface area contributed by atoms with Gasteiger partial charge < -0.3 is 10.1 Å². The minimum Gasteiger partial charge on any atom is -0.468 e. The van der Waals surface area contributed by atoms with Gasteiger partial charge in [-0.05, 0) is 55.5 Å². The zero-order valence-corrected chi connectivity index (χ0v) is 18.1. The number of halogens is 3. The zero-order chi connectivity index (χ0) is 22.6. The summed E-state index contributed by atoms with van der Waals surface area (Å²) in [6, 6.07) is 13.4. The number of hydrogen-bond acceptors (Lipinski definition) is 4. The fourth-order valence-electron chi connectivity index (χ4n) is 3.95. The Balaban J connectivity index is 1.51. The Morgan fingerprint density at radius 3 is 2.00 bits per heavy atom. The largest absolute Gasteiger partial charge is 0.468 e. The number of carbonyl (C=O) groups excluding carboxylic acids is 1. The molecule has 1 heterocycles. The van der Waals surface area contributed by atoms with Crippen LogP contribution in [0.15, 0.2) is 48.5 Å². The van der Waals surface area contributed by atoms with Gasteiger partial charge in [-0.1, -0.05) is 36.4 Å². The number of nitrogens with one attached hydrogen (secondary N) is 1. The van der Waals surface area contributed by atoms with Crippen LogP contribution < -0.4 is 5.32 Å². The Morgan fingerprint density at radius 2 is 1.52 bits per heavy atom. The van der Waals surface area contributed by atoms with Gasteiger partial charge in [-0.2, -0.15) is 13.2 Å². The smallest absolute Gasteiger partial charge is 0.416 e. The van der Waals surface area contributed by atoms with Gasteiger partial charge in [-0.25, -0.2) is 0 Å². The first kappa shape index (κ1) is 23.3. The number of rotatable bonds is 6. The van der Waals surface area contributed by atoms with E-state index in [4.69, 9.17) is 4.74 Å². The number of hydrogen-bond donors (Lipinski definition) is 1. The molecule has 4 nitrogen and oxygen atoms in total. The summed E-state index contributed by atoms with van der Waals surface area (Å²) >= 11 is 0. The van der Waals surface area contributed by atoms with E-state index in [0.717, 1.165) is 61.3 Å². The summed E-state index contributed by atoms with van der Waals surface area (Å²) in [5.41, 5.74) is 1.50. The molecule has 0 amide bonds. The molecular formula is C24H29F3N2O2. The molecule has 0 radical (unpaired) electrons. The van der Waals surface area contributed by atoms with Crippen molar-refractivity contribution in [2.24, 2.45) is 0 Å². The lowest BCUT2D eigenvalue weighted by molar-refractivity contribution is -0.154. The molecule has 3 rings (SSSR count). The van der Waals surface area contributed by atoms with Crippen molar-refractivity contribution in [2.45, 2.75) is 51.0 Å². The van der Waals surface area contributed by atoms with E-state index in [1.807, 2.05) is 38.1 Å². The number of likely N-dealkylation sites (tertiary alicyclic amines) is 1. The Morgan fingerprint density at radius 1 is 1.00 bits per heavy atom. The first-order chi connectivity index (χ1) is 14.6. The highest BCUT2D eigenvalue weighted by atomic mass is 19.4. The lowest BCUT2D eigenvalue weighted by Gasteiger charge is -2.41. The molecule has 1 N–H and O–H groups in total. The van der Waals surface area contributed by atoms with Crippen molar-refractivity contribution < 1.29 is 22.7 Å². The van der Waals surface area contributed by atoms with Crippen LogP contribution in [0.2, 0.25) is 0 Å². The van der Waals surface area contributed by atoms with Gasteiger partial charge in [0.25, 0.3) is 0 Å². The molecule has 7 heteroatoms. The van der Waals surface area contributed by atoms with E-state index in [1.54, 1.807) is 0 Å². The van der Waals surface area contributed by atoms with Crippen LogP contribution in [-0.4, -0.2) is 42.6 Å². The molecule has 0 bridgehead atoms. The van der Waals surface area contributed by atoms with Crippen LogP contribution in [-0.2, 0) is 22.3 Å². The number of benzene rings is 2. The van der Waals surface area contributed by atoms with E-state index in [9.17, 15) is 18.0 Å². The first-order valence-corrected chi connectivity index (χ1v) is 10.4. The number of ether oxygens (including phenoxy) is 1. The monoisotopic (exact) mass is 434 g/mol. The molecule has 1 fully saturated rings. The predicted octanol–water partition coefficient (Wildman–Crippen LogP) is 4.88. The second kappa shape index (κ2) is 9.40. The summed E-state index contributed by atoms with van der Waals surface area (Å²) in [5, 5.41) is 3.57. The third-order valence-corrected chi connectivity index (χ3v) is 6.06. The minimum absolute atomic E-state index is 0.216. The molecule has 0 atom stereocenters. The number of piperidine rings is 1. The van der Waals surface area contributed by atoms with E-state index < -0.39 is 17.3 Å². The summed E-state index contributed by atoms with van der Waals surface area (Å²) in [6.07, 6.45) is -2.42. The predicted molar refractivity (Wildman–Crippen MR) is 114 cm³/mol. The number of alkyl halides is 3. The van der Waals surface area contributed by atoms with Crippen molar-refractivity contribution in [3.8, 4) is 11.1 Å². The summed E-state index contributed by atoms with van der Waals surface area (Å²) in [4.78, 5) is 14.1. The molecule has 31 heavy (non-hydrogen) atoms. The number of esters is 1. The van der Waals surface area contributed by atoms with Gasteiger partial charge >= 0.3 is 12.1 Å². The Kier molecular flexibility index (Phi) is 7.06. The molecule has 0 saturated carbocycles. The van der Waals surface area contributed by atoms with Crippen LogP contribution in [0.1, 0.15) is 37.8 Å². The quantitative estimate of drug-likeness (QED) is 0.658. The summed E-state index contributed by atoms with van der Waals surface area (Å²) < 4.78 is 43.1. The van der Waals surface area contributed by atoms with Crippen molar-refractivity contribution in [1.82, 2.24) is 10.2 Å². The van der Waals surface area contributed by atoms with E-state index in [2.05, 4.69) is 10.2 Å². The van der Waals surface area contributed by atoms with Crippen LogP contribution in [0.4, 0.5) is 13.2 Å². The molecule has 2 aromatic rings. The summed E-state index contributed by atoms with van der Waals surface area (Å²) in [7, 11) is 1.42. The van der Waals surface area contributed by atoms with Crippen molar-refractivity contribution in [3.05, 3.63) is 59.7 Å². The molecule has 168 valence electrons. The van der Waals surface area contributed by atoms with Gasteiger partial charge in [-0.15, -0.1) is 0 Å². The Bertz CT molecular complexity index is 869. The average molecular weight is 435 g/mol. The van der Waals surface area contributed by atoms with Crippen LogP contribution >= 0.6 is 0 Å². The maximum Gasteiger partial charge on any atom is 0.416 e. The van der Waals surface area contributed by atoms with Crippen molar-refractivity contribution >= 4 is 5.97 Å². The van der Waals surface area contributed by atoms with Crippen molar-refractivity contribution in [3.63, 3.8) is 0 Å². The van der Waals surface area contributed by atoms with Gasteiger partial charge in [-0.3, -0.25) is 9.69 Å². The maximum absolute atomic E-state index is 12.7. The highest BCUT2D eigenvalue weighted by Gasteiger charge is 2.37. The first-order valence-electron chi connectivity index (χ1n) is 10.4. The summed E-state index contributed by atoms with van der Waals surface area (Å²) in [6.45, 7) is 6.16. The fraction of sp³-hybridized carbons (Fsp3) is 0.458. The Labute approximate surface area is 181 Å². The molecule has 1 aliphatic rings. The van der Waals surface area contributed by atoms with E-state index in [1.165, 1.54) is 19.2 Å². The molecular weight excluding hydrogens is 405 g/mol. The van der Waals surface area contributed by atoms with Crippen LogP contribution in [0.25, 0.3) is 11.1 Å². The number of nitrogens with zero attached hydrogens (tertiary/aromatic N) is 1. The van der Waals surface area contributed by atoms with Gasteiger partial charge in [0.15, 0.2) is 0 Å². The summed E-state index contributed by atoms with van der Waals surface area (Å²) in [5.74, 6) is -0.216. The van der Waals surface area contributed by atoms with Gasteiger partial charge in [0.2, 0.25) is 0 Å². The lowest BCUT2D eigenvalue weighted by atomic mass is 9.96. The number of methoxy groups -OCH3 is 1.